The summed E-state index contributed by atoms with van der Waals surface area (Å²) >= 11 is 0. The predicted octanol–water partition coefficient (Wildman–Crippen LogP) is 4.14. The largest absolute Gasteiger partial charge is 0.371 e. The average Bonchev–Trinajstić information content (AvgIpc) is 2.25. The van der Waals surface area contributed by atoms with Crippen molar-refractivity contribution in [1.82, 2.24) is 4.90 Å². The zero-order valence-electron chi connectivity index (χ0n) is 10.7. The first kappa shape index (κ1) is 14.0. The van der Waals surface area contributed by atoms with E-state index in [-0.39, 0.29) is 0 Å². The highest BCUT2D eigenvalue weighted by atomic mass is 15.1. The molecule has 0 aromatic heterocycles. The van der Waals surface area contributed by atoms with Crippen LogP contribution >= 0.6 is 0 Å². The molecule has 0 rings (SSSR count). The van der Waals surface area contributed by atoms with Gasteiger partial charge in [0.05, 0.1) is 0 Å². The summed E-state index contributed by atoms with van der Waals surface area (Å²) in [5.74, 6) is 0. The molecular formula is C14H25N. The van der Waals surface area contributed by atoms with E-state index in [2.05, 4.69) is 51.3 Å². The Labute approximate surface area is 95.2 Å². The highest BCUT2D eigenvalue weighted by Crippen LogP contribution is 2.16. The van der Waals surface area contributed by atoms with Crippen LogP contribution in [0.15, 0.2) is 36.1 Å². The second kappa shape index (κ2) is 8.34. The molecule has 1 heteroatoms. The predicted molar refractivity (Wildman–Crippen MR) is 69.9 cm³/mol. The third-order valence-electron chi connectivity index (χ3n) is 2.44. The Hall–Kier alpha value is -0.980. The molecular weight excluding hydrogens is 182 g/mol. The van der Waals surface area contributed by atoms with E-state index < -0.39 is 0 Å². The van der Waals surface area contributed by atoms with Crippen molar-refractivity contribution in [3.8, 4) is 0 Å². The molecule has 0 radical (unpaired) electrons. The Bertz CT molecular complexity index is 230. The average molecular weight is 207 g/mol. The van der Waals surface area contributed by atoms with E-state index in [0.717, 1.165) is 13.1 Å². The van der Waals surface area contributed by atoms with Crippen molar-refractivity contribution in [2.24, 2.45) is 0 Å². The lowest BCUT2D eigenvalue weighted by molar-refractivity contribution is 0.350. The van der Waals surface area contributed by atoms with Crippen molar-refractivity contribution in [1.29, 1.82) is 0 Å². The van der Waals surface area contributed by atoms with Crippen molar-refractivity contribution in [3.63, 3.8) is 0 Å². The van der Waals surface area contributed by atoms with E-state index in [1.54, 1.807) is 0 Å². The molecule has 0 saturated heterocycles. The van der Waals surface area contributed by atoms with Gasteiger partial charge in [-0.15, -0.1) is 0 Å². The van der Waals surface area contributed by atoms with Crippen molar-refractivity contribution in [3.05, 3.63) is 36.1 Å². The van der Waals surface area contributed by atoms with Crippen molar-refractivity contribution in [2.45, 2.75) is 40.5 Å². The maximum atomic E-state index is 3.79. The molecule has 0 aromatic rings. The summed E-state index contributed by atoms with van der Waals surface area (Å²) in [4.78, 5) is 2.44. The number of allylic oxidation sites excluding steroid dienone is 4. The molecule has 0 aliphatic rings. The minimum absolute atomic E-state index is 1.12. The monoisotopic (exact) mass is 207 g/mol. The van der Waals surface area contributed by atoms with E-state index in [1.165, 1.54) is 24.1 Å². The fourth-order valence-electron chi connectivity index (χ4n) is 1.64. The van der Waals surface area contributed by atoms with Crippen molar-refractivity contribution < 1.29 is 0 Å². The lowest BCUT2D eigenvalue weighted by atomic mass is 10.1. The van der Waals surface area contributed by atoms with Crippen LogP contribution in [-0.2, 0) is 0 Å². The standard InChI is InChI=1S/C14H25N/c1-6-10-14(13(5)9-4)15(11-7-2)12-8-3/h6,9-10H,1,7-8,11-12H2,2-5H3/b13-9-,14-10+. The van der Waals surface area contributed by atoms with Gasteiger partial charge >= 0.3 is 0 Å². The molecule has 0 fully saturated rings. The second-order valence-electron chi connectivity index (χ2n) is 3.75. The smallest absolute Gasteiger partial charge is 0.0392 e. The Balaban J connectivity index is 4.83. The summed E-state index contributed by atoms with van der Waals surface area (Å²) < 4.78 is 0. The van der Waals surface area contributed by atoms with Gasteiger partial charge in [-0.3, -0.25) is 0 Å². The quantitative estimate of drug-likeness (QED) is 0.567. The van der Waals surface area contributed by atoms with Gasteiger partial charge in [0.15, 0.2) is 0 Å². The Morgan fingerprint density at radius 3 is 2.07 bits per heavy atom. The van der Waals surface area contributed by atoms with E-state index >= 15 is 0 Å². The van der Waals surface area contributed by atoms with E-state index in [0.29, 0.717) is 0 Å². The Morgan fingerprint density at radius 1 is 1.20 bits per heavy atom. The summed E-state index contributed by atoms with van der Waals surface area (Å²) in [6.07, 6.45) is 8.52. The highest BCUT2D eigenvalue weighted by Gasteiger charge is 2.07. The van der Waals surface area contributed by atoms with Gasteiger partial charge in [-0.1, -0.05) is 32.6 Å². The molecule has 1 nitrogen and oxygen atoms in total. The van der Waals surface area contributed by atoms with Gasteiger partial charge in [0, 0.05) is 18.8 Å². The lowest BCUT2D eigenvalue weighted by Crippen LogP contribution is -2.25. The third-order valence-corrected chi connectivity index (χ3v) is 2.44. The Kier molecular flexibility index (Phi) is 7.79. The van der Waals surface area contributed by atoms with Crippen molar-refractivity contribution >= 4 is 0 Å². The minimum atomic E-state index is 1.12. The highest BCUT2D eigenvalue weighted by molar-refractivity contribution is 5.30. The number of hydrogen-bond acceptors (Lipinski definition) is 1. The van der Waals surface area contributed by atoms with Crippen LogP contribution in [0.4, 0.5) is 0 Å². The molecule has 0 amide bonds. The SMILES string of the molecule is C=C/C=C(\C(C)=C/C)N(CCC)CCC. The summed E-state index contributed by atoms with van der Waals surface area (Å²) in [5.41, 5.74) is 2.65. The zero-order valence-corrected chi connectivity index (χ0v) is 10.7. The molecule has 0 aliphatic heterocycles. The summed E-state index contributed by atoms with van der Waals surface area (Å²) in [5, 5.41) is 0. The van der Waals surface area contributed by atoms with E-state index in [1.807, 2.05) is 6.08 Å². The van der Waals surface area contributed by atoms with Crippen LogP contribution in [0.2, 0.25) is 0 Å². The Morgan fingerprint density at radius 2 is 1.73 bits per heavy atom. The van der Waals surface area contributed by atoms with E-state index in [4.69, 9.17) is 0 Å². The van der Waals surface area contributed by atoms with E-state index in [9.17, 15) is 0 Å². The van der Waals surface area contributed by atoms with Crippen LogP contribution in [0, 0.1) is 0 Å². The summed E-state index contributed by atoms with van der Waals surface area (Å²) in [6.45, 7) is 14.7. The lowest BCUT2D eigenvalue weighted by Gasteiger charge is -2.27. The van der Waals surface area contributed by atoms with Gasteiger partial charge in [-0.2, -0.15) is 0 Å². The first-order chi connectivity index (χ1) is 7.21. The van der Waals surface area contributed by atoms with Crippen LogP contribution in [-0.4, -0.2) is 18.0 Å². The van der Waals surface area contributed by atoms with Gasteiger partial charge in [0.25, 0.3) is 0 Å². The van der Waals surface area contributed by atoms with Gasteiger partial charge < -0.3 is 4.90 Å². The molecule has 15 heavy (non-hydrogen) atoms. The molecule has 0 spiro atoms. The number of hydrogen-bond donors (Lipinski definition) is 0. The minimum Gasteiger partial charge on any atom is -0.371 e. The first-order valence-electron chi connectivity index (χ1n) is 5.92. The second-order valence-corrected chi connectivity index (χ2v) is 3.75. The van der Waals surface area contributed by atoms with Gasteiger partial charge in [-0.05, 0) is 38.3 Å². The normalized spacial score (nSPS) is 12.8. The van der Waals surface area contributed by atoms with Crippen molar-refractivity contribution in [2.75, 3.05) is 13.1 Å². The molecule has 0 aliphatic carbocycles. The molecule has 0 heterocycles. The van der Waals surface area contributed by atoms with Crippen LogP contribution in [0.1, 0.15) is 40.5 Å². The summed E-state index contributed by atoms with van der Waals surface area (Å²) in [7, 11) is 0. The topological polar surface area (TPSA) is 3.24 Å². The number of rotatable bonds is 7. The van der Waals surface area contributed by atoms with Gasteiger partial charge in [0.2, 0.25) is 0 Å². The van der Waals surface area contributed by atoms with Crippen LogP contribution < -0.4 is 0 Å². The maximum absolute atomic E-state index is 3.79. The van der Waals surface area contributed by atoms with Crippen LogP contribution in [0.25, 0.3) is 0 Å². The van der Waals surface area contributed by atoms with Gasteiger partial charge in [0.1, 0.15) is 0 Å². The molecule has 0 saturated carbocycles. The van der Waals surface area contributed by atoms with Crippen LogP contribution in [0.5, 0.6) is 0 Å². The van der Waals surface area contributed by atoms with Gasteiger partial charge in [-0.25, -0.2) is 0 Å². The van der Waals surface area contributed by atoms with Crippen LogP contribution in [0.3, 0.4) is 0 Å². The molecule has 0 N–H and O–H groups in total. The molecule has 0 aromatic carbocycles. The zero-order chi connectivity index (χ0) is 11.7. The molecule has 0 bridgehead atoms. The fraction of sp³-hybridized carbons (Fsp3) is 0.571. The first-order valence-corrected chi connectivity index (χ1v) is 5.92. The molecule has 0 unspecified atom stereocenters. The number of nitrogens with zero attached hydrogens (tertiary/aromatic N) is 1. The molecule has 0 atom stereocenters. The summed E-state index contributed by atoms with van der Waals surface area (Å²) in [6, 6.07) is 0. The fourth-order valence-corrected chi connectivity index (χ4v) is 1.64. The third kappa shape index (κ3) is 4.87. The maximum Gasteiger partial charge on any atom is 0.0392 e. The molecule has 86 valence electrons.